The molecular formula is C21H38IN5O3. The number of amides is 1. The quantitative estimate of drug-likeness (QED) is 0.174. The van der Waals surface area contributed by atoms with E-state index < -0.39 is 0 Å². The van der Waals surface area contributed by atoms with Crippen LogP contribution in [-0.4, -0.2) is 89.3 Å². The summed E-state index contributed by atoms with van der Waals surface area (Å²) in [5, 5.41) is 6.63. The molecule has 0 fully saturated rings. The van der Waals surface area contributed by atoms with Crippen LogP contribution in [0.5, 0.6) is 5.75 Å². The van der Waals surface area contributed by atoms with Crippen molar-refractivity contribution in [2.24, 2.45) is 4.99 Å². The average molecular weight is 535 g/mol. The second-order valence-corrected chi connectivity index (χ2v) is 7.00. The topological polar surface area (TPSA) is 78.4 Å². The van der Waals surface area contributed by atoms with Gasteiger partial charge in [0.2, 0.25) is 0 Å². The average Bonchev–Trinajstić information content (AvgIpc) is 2.70. The van der Waals surface area contributed by atoms with Gasteiger partial charge in [0.1, 0.15) is 5.75 Å². The maximum absolute atomic E-state index is 11.7. The lowest BCUT2D eigenvalue weighted by Gasteiger charge is -2.18. The van der Waals surface area contributed by atoms with Crippen LogP contribution in [0, 0.1) is 0 Å². The van der Waals surface area contributed by atoms with E-state index in [9.17, 15) is 4.79 Å². The van der Waals surface area contributed by atoms with E-state index in [2.05, 4.69) is 27.6 Å². The van der Waals surface area contributed by atoms with Crippen LogP contribution in [-0.2, 0) is 16.1 Å². The first-order valence-electron chi connectivity index (χ1n) is 10.1. The van der Waals surface area contributed by atoms with Crippen molar-refractivity contribution in [3.8, 4) is 5.75 Å². The molecule has 0 radical (unpaired) electrons. The number of hydrogen-bond acceptors (Lipinski definition) is 5. The number of carbonyl (C=O) groups is 1. The number of benzene rings is 1. The van der Waals surface area contributed by atoms with Crippen molar-refractivity contribution in [3.05, 3.63) is 29.8 Å². The van der Waals surface area contributed by atoms with Gasteiger partial charge in [0.05, 0.1) is 6.54 Å². The predicted molar refractivity (Wildman–Crippen MR) is 133 cm³/mol. The zero-order chi connectivity index (χ0) is 21.5. The van der Waals surface area contributed by atoms with Gasteiger partial charge in [0.15, 0.2) is 12.6 Å². The zero-order valence-corrected chi connectivity index (χ0v) is 21.3. The number of nitrogens with one attached hydrogen (secondary N) is 2. The molecule has 0 atom stereocenters. The van der Waals surface area contributed by atoms with Crippen LogP contribution in [0.1, 0.15) is 18.9 Å². The second-order valence-electron chi connectivity index (χ2n) is 7.00. The summed E-state index contributed by atoms with van der Waals surface area (Å²) in [4.78, 5) is 20.1. The lowest BCUT2D eigenvalue weighted by Crippen LogP contribution is -2.41. The van der Waals surface area contributed by atoms with Gasteiger partial charge in [-0.15, -0.1) is 24.0 Å². The smallest absolute Gasteiger partial charge is 0.259 e. The van der Waals surface area contributed by atoms with Crippen LogP contribution < -0.4 is 15.4 Å². The van der Waals surface area contributed by atoms with Crippen molar-refractivity contribution in [1.82, 2.24) is 20.4 Å². The van der Waals surface area contributed by atoms with E-state index in [0.717, 1.165) is 50.7 Å². The molecule has 0 saturated heterocycles. The fourth-order valence-electron chi connectivity index (χ4n) is 2.48. The molecule has 2 N–H and O–H groups in total. The Bertz CT molecular complexity index is 628. The molecule has 0 aliphatic heterocycles. The number of ether oxygens (including phenoxy) is 2. The first-order valence-corrected chi connectivity index (χ1v) is 10.1. The van der Waals surface area contributed by atoms with E-state index in [4.69, 9.17) is 9.47 Å². The largest absolute Gasteiger partial charge is 0.484 e. The molecule has 172 valence electrons. The van der Waals surface area contributed by atoms with E-state index in [0.29, 0.717) is 12.3 Å². The van der Waals surface area contributed by atoms with E-state index in [1.807, 2.05) is 31.2 Å². The molecule has 0 bridgehead atoms. The number of hydrogen-bond donors (Lipinski definition) is 2. The zero-order valence-electron chi connectivity index (χ0n) is 18.9. The number of nitrogens with zero attached hydrogens (tertiary/aromatic N) is 3. The number of aliphatic imine (C=N–C) groups is 1. The van der Waals surface area contributed by atoms with Gasteiger partial charge in [-0.2, -0.15) is 0 Å². The third kappa shape index (κ3) is 12.9. The molecule has 1 aromatic carbocycles. The summed E-state index contributed by atoms with van der Waals surface area (Å²) in [5.41, 5.74) is 1.02. The highest BCUT2D eigenvalue weighted by molar-refractivity contribution is 14.0. The first kappa shape index (κ1) is 28.4. The van der Waals surface area contributed by atoms with Gasteiger partial charge in [-0.3, -0.25) is 4.79 Å². The summed E-state index contributed by atoms with van der Waals surface area (Å²) in [6.07, 6.45) is 1.03. The van der Waals surface area contributed by atoms with Crippen LogP contribution in [0.15, 0.2) is 29.3 Å². The monoisotopic (exact) mass is 535 g/mol. The van der Waals surface area contributed by atoms with E-state index in [1.165, 1.54) is 4.90 Å². The Morgan fingerprint density at radius 3 is 2.60 bits per heavy atom. The van der Waals surface area contributed by atoms with Crippen LogP contribution in [0.25, 0.3) is 0 Å². The molecular weight excluding hydrogens is 497 g/mol. The van der Waals surface area contributed by atoms with Crippen LogP contribution in [0.3, 0.4) is 0 Å². The minimum Gasteiger partial charge on any atom is -0.484 e. The number of guanidine groups is 1. The normalized spacial score (nSPS) is 11.1. The molecule has 30 heavy (non-hydrogen) atoms. The Labute approximate surface area is 198 Å². The molecule has 0 aliphatic carbocycles. The SMILES string of the molecule is CCNC(=NCc1cccc(OCC(=O)N(C)C)c1)NCCN(C)CCCOC.I. The summed E-state index contributed by atoms with van der Waals surface area (Å²) in [6, 6.07) is 7.67. The third-order valence-corrected chi connectivity index (χ3v) is 4.20. The summed E-state index contributed by atoms with van der Waals surface area (Å²) in [5.74, 6) is 1.38. The molecule has 0 aromatic heterocycles. The molecule has 0 spiro atoms. The number of halogens is 1. The van der Waals surface area contributed by atoms with E-state index in [1.54, 1.807) is 21.2 Å². The Hall–Kier alpha value is -1.59. The molecule has 1 rings (SSSR count). The highest BCUT2D eigenvalue weighted by Crippen LogP contribution is 2.14. The van der Waals surface area contributed by atoms with Crippen molar-refractivity contribution in [1.29, 1.82) is 0 Å². The fraction of sp³-hybridized carbons (Fsp3) is 0.619. The van der Waals surface area contributed by atoms with Crippen LogP contribution in [0.4, 0.5) is 0 Å². The third-order valence-electron chi connectivity index (χ3n) is 4.20. The molecule has 0 unspecified atom stereocenters. The lowest BCUT2D eigenvalue weighted by atomic mass is 10.2. The van der Waals surface area contributed by atoms with E-state index >= 15 is 0 Å². The molecule has 9 heteroatoms. The summed E-state index contributed by atoms with van der Waals surface area (Å²) >= 11 is 0. The van der Waals surface area contributed by atoms with Gasteiger partial charge in [-0.25, -0.2) is 4.99 Å². The second kappa shape index (κ2) is 17.1. The molecule has 1 amide bonds. The van der Waals surface area contributed by atoms with E-state index in [-0.39, 0.29) is 36.5 Å². The van der Waals surface area contributed by atoms with Gasteiger partial charge in [0, 0.05) is 54.0 Å². The van der Waals surface area contributed by atoms with Gasteiger partial charge < -0.3 is 29.9 Å². The number of methoxy groups -OCH3 is 1. The summed E-state index contributed by atoms with van der Waals surface area (Å²) in [7, 11) is 7.26. The van der Waals surface area contributed by atoms with Gasteiger partial charge in [-0.1, -0.05) is 12.1 Å². The molecule has 0 saturated carbocycles. The lowest BCUT2D eigenvalue weighted by molar-refractivity contribution is -0.130. The minimum atomic E-state index is -0.0701. The van der Waals surface area contributed by atoms with Crippen LogP contribution >= 0.6 is 24.0 Å². The fourth-order valence-corrected chi connectivity index (χ4v) is 2.48. The maximum Gasteiger partial charge on any atom is 0.259 e. The number of likely N-dealkylation sites (N-methyl/N-ethyl adjacent to an activating group) is 2. The van der Waals surface area contributed by atoms with Crippen molar-refractivity contribution in [3.63, 3.8) is 0 Å². The first-order chi connectivity index (χ1) is 14.0. The van der Waals surface area contributed by atoms with Gasteiger partial charge >= 0.3 is 0 Å². The van der Waals surface area contributed by atoms with Crippen molar-refractivity contribution in [2.75, 3.05) is 67.6 Å². The summed E-state index contributed by atoms with van der Waals surface area (Å²) < 4.78 is 10.7. The summed E-state index contributed by atoms with van der Waals surface area (Å²) in [6.45, 7) is 6.93. The predicted octanol–water partition coefficient (Wildman–Crippen LogP) is 1.79. The Balaban J connectivity index is 0.00000841. The van der Waals surface area contributed by atoms with Crippen molar-refractivity contribution < 1.29 is 14.3 Å². The van der Waals surface area contributed by atoms with Crippen molar-refractivity contribution in [2.45, 2.75) is 19.9 Å². The van der Waals surface area contributed by atoms with Gasteiger partial charge in [0.25, 0.3) is 5.91 Å². The standard InChI is InChI=1S/C21H37N5O3.HI/c1-6-22-21(23-11-13-26(4)12-8-14-28-5)24-16-18-9-7-10-19(15-18)29-17-20(27)25(2)3;/h7,9-10,15H,6,8,11-14,16-17H2,1-5H3,(H2,22,23,24);1H. The highest BCUT2D eigenvalue weighted by atomic mass is 127. The molecule has 1 aromatic rings. The highest BCUT2D eigenvalue weighted by Gasteiger charge is 2.05. The Morgan fingerprint density at radius 1 is 1.17 bits per heavy atom. The Kier molecular flexibility index (Phi) is 16.2. The number of rotatable bonds is 13. The molecule has 0 heterocycles. The van der Waals surface area contributed by atoms with Gasteiger partial charge in [-0.05, 0) is 38.1 Å². The maximum atomic E-state index is 11.7. The molecule has 8 nitrogen and oxygen atoms in total. The minimum absolute atomic E-state index is 0. The van der Waals surface area contributed by atoms with Crippen LogP contribution in [0.2, 0.25) is 0 Å². The van der Waals surface area contributed by atoms with Crippen molar-refractivity contribution >= 4 is 35.8 Å². The molecule has 0 aliphatic rings. The number of carbonyl (C=O) groups excluding carboxylic acids is 1. The Morgan fingerprint density at radius 2 is 1.93 bits per heavy atom.